The summed E-state index contributed by atoms with van der Waals surface area (Å²) in [5, 5.41) is 1.94. The summed E-state index contributed by atoms with van der Waals surface area (Å²) in [6.45, 7) is 10.7. The van der Waals surface area contributed by atoms with Crippen molar-refractivity contribution < 1.29 is 4.57 Å². The lowest BCUT2D eigenvalue weighted by Crippen LogP contribution is -2.18. The quantitative estimate of drug-likeness (QED) is 0.687. The Morgan fingerprint density at radius 2 is 1.05 bits per heavy atom. The molecule has 2 aromatic carbocycles. The monoisotopic (exact) mass is 314 g/mol. The van der Waals surface area contributed by atoms with E-state index in [-0.39, 0.29) is 0 Å². The van der Waals surface area contributed by atoms with Gasteiger partial charge in [-0.3, -0.25) is 0 Å². The second-order valence-corrected chi connectivity index (χ2v) is 9.69. The van der Waals surface area contributed by atoms with Crippen LogP contribution in [0.2, 0.25) is 0 Å². The number of hydrogen-bond acceptors (Lipinski definition) is 1. The van der Waals surface area contributed by atoms with Crippen molar-refractivity contribution in [3.63, 3.8) is 0 Å². The van der Waals surface area contributed by atoms with Crippen LogP contribution in [0.25, 0.3) is 0 Å². The molecule has 2 aromatic rings. The molecule has 2 rings (SSSR count). The average molecular weight is 314 g/mol. The van der Waals surface area contributed by atoms with E-state index in [9.17, 15) is 4.57 Å². The highest BCUT2D eigenvalue weighted by atomic mass is 31.2. The molecular weight excluding hydrogens is 287 g/mol. The molecule has 0 saturated heterocycles. The first-order valence-corrected chi connectivity index (χ1v) is 10.1. The maximum Gasteiger partial charge on any atom is 0.142 e. The molecule has 0 atom stereocenters. The first-order chi connectivity index (χ1) is 10.4. The molecular formula is C20H27OP. The second kappa shape index (κ2) is 6.84. The minimum Gasteiger partial charge on any atom is -0.314 e. The predicted molar refractivity (Wildman–Crippen MR) is 98.5 cm³/mol. The lowest BCUT2D eigenvalue weighted by molar-refractivity contribution is 0.587. The third-order valence-corrected chi connectivity index (χ3v) is 7.55. The van der Waals surface area contributed by atoms with Crippen molar-refractivity contribution in [1.82, 2.24) is 0 Å². The van der Waals surface area contributed by atoms with Gasteiger partial charge in [-0.2, -0.15) is 0 Å². The molecule has 0 aliphatic heterocycles. The first-order valence-electron chi connectivity index (χ1n) is 8.18. The van der Waals surface area contributed by atoms with Crippen LogP contribution in [0.1, 0.15) is 57.6 Å². The van der Waals surface area contributed by atoms with E-state index in [0.29, 0.717) is 18.0 Å². The molecule has 0 aliphatic rings. The van der Waals surface area contributed by atoms with Gasteiger partial charge in [0.25, 0.3) is 0 Å². The van der Waals surface area contributed by atoms with Gasteiger partial charge >= 0.3 is 0 Å². The van der Waals surface area contributed by atoms with Crippen LogP contribution in [-0.2, 0) is 4.57 Å². The largest absolute Gasteiger partial charge is 0.314 e. The molecule has 0 unspecified atom stereocenters. The van der Waals surface area contributed by atoms with E-state index in [1.807, 2.05) is 6.92 Å². The van der Waals surface area contributed by atoms with E-state index in [0.717, 1.165) is 10.6 Å². The summed E-state index contributed by atoms with van der Waals surface area (Å²) in [5.74, 6) is 1.00. The zero-order valence-corrected chi connectivity index (χ0v) is 15.2. The molecule has 118 valence electrons. The fourth-order valence-electron chi connectivity index (χ4n) is 2.71. The highest BCUT2D eigenvalue weighted by Gasteiger charge is 2.25. The summed E-state index contributed by atoms with van der Waals surface area (Å²) in [5.41, 5.74) is 2.59. The maximum atomic E-state index is 13.5. The van der Waals surface area contributed by atoms with Gasteiger partial charge in [-0.1, -0.05) is 83.1 Å². The van der Waals surface area contributed by atoms with Gasteiger partial charge in [0.05, 0.1) is 0 Å². The standard InChI is InChI=1S/C20H27OP/c1-6-22(21,19-11-7-17(8-12-19)15(2)3)20-13-9-18(10-14-20)16(4)5/h7-16H,6H2,1-5H3. The molecule has 1 nitrogen and oxygen atoms in total. The Bertz CT molecular complexity index is 596. The zero-order chi connectivity index (χ0) is 16.3. The molecule has 0 amide bonds. The zero-order valence-electron chi connectivity index (χ0n) is 14.3. The van der Waals surface area contributed by atoms with Crippen molar-refractivity contribution in [3.8, 4) is 0 Å². The Hall–Kier alpha value is -1.33. The van der Waals surface area contributed by atoms with E-state index >= 15 is 0 Å². The third-order valence-electron chi connectivity index (χ3n) is 4.40. The van der Waals surface area contributed by atoms with Gasteiger partial charge in [0.2, 0.25) is 0 Å². The van der Waals surface area contributed by atoms with E-state index < -0.39 is 7.14 Å². The van der Waals surface area contributed by atoms with E-state index in [2.05, 4.69) is 76.2 Å². The van der Waals surface area contributed by atoms with E-state index in [1.54, 1.807) is 0 Å². The summed E-state index contributed by atoms with van der Waals surface area (Å²) < 4.78 is 13.5. The molecule has 2 heteroatoms. The predicted octanol–water partition coefficient (Wildman–Crippen LogP) is 5.27. The summed E-state index contributed by atoms with van der Waals surface area (Å²) in [4.78, 5) is 0. The minimum absolute atomic E-state index is 0.500. The summed E-state index contributed by atoms with van der Waals surface area (Å²) in [6, 6.07) is 16.7. The van der Waals surface area contributed by atoms with Crippen molar-refractivity contribution in [1.29, 1.82) is 0 Å². The lowest BCUT2D eigenvalue weighted by Gasteiger charge is -2.19. The van der Waals surface area contributed by atoms with Crippen molar-refractivity contribution in [3.05, 3.63) is 59.7 Å². The van der Waals surface area contributed by atoms with E-state index in [1.165, 1.54) is 11.1 Å². The molecule has 0 spiro atoms. The van der Waals surface area contributed by atoms with E-state index in [4.69, 9.17) is 0 Å². The summed E-state index contributed by atoms with van der Waals surface area (Å²) in [6.07, 6.45) is 0.662. The normalized spacial score (nSPS) is 12.1. The van der Waals surface area contributed by atoms with Crippen LogP contribution in [0.5, 0.6) is 0 Å². The minimum atomic E-state index is -2.51. The molecule has 0 aromatic heterocycles. The van der Waals surface area contributed by atoms with Crippen molar-refractivity contribution in [2.45, 2.75) is 46.5 Å². The highest BCUT2D eigenvalue weighted by Crippen LogP contribution is 2.43. The Morgan fingerprint density at radius 3 is 1.27 bits per heavy atom. The van der Waals surface area contributed by atoms with Gasteiger partial charge in [0.1, 0.15) is 7.14 Å². The smallest absolute Gasteiger partial charge is 0.142 e. The molecule has 0 aliphatic carbocycles. The SMILES string of the molecule is CCP(=O)(c1ccc(C(C)C)cc1)c1ccc(C(C)C)cc1. The molecule has 0 radical (unpaired) electrons. The van der Waals surface area contributed by atoms with Crippen molar-refractivity contribution in [2.24, 2.45) is 0 Å². The van der Waals surface area contributed by atoms with Crippen LogP contribution in [0.3, 0.4) is 0 Å². The number of benzene rings is 2. The van der Waals surface area contributed by atoms with Crippen LogP contribution in [0.4, 0.5) is 0 Å². The van der Waals surface area contributed by atoms with Crippen LogP contribution in [0.15, 0.2) is 48.5 Å². The molecule has 0 fully saturated rings. The van der Waals surface area contributed by atoms with Crippen LogP contribution in [-0.4, -0.2) is 6.16 Å². The fourth-order valence-corrected chi connectivity index (χ4v) is 5.00. The fraction of sp³-hybridized carbons (Fsp3) is 0.400. The average Bonchev–Trinajstić information content (AvgIpc) is 2.54. The summed E-state index contributed by atoms with van der Waals surface area (Å²) >= 11 is 0. The third kappa shape index (κ3) is 3.36. The van der Waals surface area contributed by atoms with Crippen molar-refractivity contribution >= 4 is 17.8 Å². The molecule has 0 N–H and O–H groups in total. The van der Waals surface area contributed by atoms with Crippen LogP contribution >= 0.6 is 7.14 Å². The molecule has 0 saturated carbocycles. The number of rotatable bonds is 5. The lowest BCUT2D eigenvalue weighted by atomic mass is 10.0. The second-order valence-electron chi connectivity index (χ2n) is 6.55. The Morgan fingerprint density at radius 1 is 0.727 bits per heavy atom. The maximum absolute atomic E-state index is 13.5. The molecule has 0 heterocycles. The molecule has 0 bridgehead atoms. The summed E-state index contributed by atoms with van der Waals surface area (Å²) in [7, 11) is -2.51. The van der Waals surface area contributed by atoms with Gasteiger partial charge < -0.3 is 4.57 Å². The first kappa shape index (κ1) is 17.0. The van der Waals surface area contributed by atoms with Gasteiger partial charge in [-0.25, -0.2) is 0 Å². The number of hydrogen-bond donors (Lipinski definition) is 0. The van der Waals surface area contributed by atoms with Crippen molar-refractivity contribution in [2.75, 3.05) is 6.16 Å². The van der Waals surface area contributed by atoms with Gasteiger partial charge in [0, 0.05) is 16.8 Å². The van der Waals surface area contributed by atoms with Crippen LogP contribution < -0.4 is 10.6 Å². The Balaban J connectivity index is 2.41. The van der Waals surface area contributed by atoms with Gasteiger partial charge in [0.15, 0.2) is 0 Å². The topological polar surface area (TPSA) is 17.1 Å². The molecule has 22 heavy (non-hydrogen) atoms. The van der Waals surface area contributed by atoms with Gasteiger partial charge in [-0.05, 0) is 23.0 Å². The highest BCUT2D eigenvalue weighted by molar-refractivity contribution is 7.78. The Kier molecular flexibility index (Phi) is 5.29. The van der Waals surface area contributed by atoms with Gasteiger partial charge in [-0.15, -0.1) is 0 Å². The Labute approximate surface area is 135 Å². The van der Waals surface area contributed by atoms with Crippen LogP contribution in [0, 0.1) is 0 Å².